The summed E-state index contributed by atoms with van der Waals surface area (Å²) >= 11 is 5.75. The number of anilines is 1. The van der Waals surface area contributed by atoms with Gasteiger partial charge in [-0.2, -0.15) is 0 Å². The molecule has 1 fully saturated rings. The van der Waals surface area contributed by atoms with Crippen molar-refractivity contribution in [2.75, 3.05) is 11.9 Å². The monoisotopic (exact) mass is 302 g/mol. The van der Waals surface area contributed by atoms with E-state index in [-0.39, 0.29) is 11.9 Å². The van der Waals surface area contributed by atoms with Crippen molar-refractivity contribution in [2.45, 2.75) is 19.0 Å². The number of carbonyl (C=O) groups excluding carboxylic acids is 1. The van der Waals surface area contributed by atoms with Crippen molar-refractivity contribution in [3.8, 4) is 0 Å². The molecule has 1 saturated heterocycles. The number of rotatable bonds is 4. The molecule has 2 aromatic rings. The Kier molecular flexibility index (Phi) is 4.01. The number of nitrogens with zero attached hydrogens (tertiary/aromatic N) is 3. The van der Waals surface area contributed by atoms with Crippen LogP contribution in [-0.2, 0) is 11.3 Å². The maximum absolute atomic E-state index is 12.1. The number of aromatic nitrogens is 2. The zero-order valence-electron chi connectivity index (χ0n) is 11.4. The summed E-state index contributed by atoms with van der Waals surface area (Å²) in [6.07, 6.45) is 3.53. The third kappa shape index (κ3) is 3.49. The highest BCUT2D eigenvalue weighted by atomic mass is 35.5. The van der Waals surface area contributed by atoms with Gasteiger partial charge in [0.25, 0.3) is 0 Å². The largest absolute Gasteiger partial charge is 0.349 e. The van der Waals surface area contributed by atoms with Gasteiger partial charge in [-0.3, -0.25) is 4.79 Å². The van der Waals surface area contributed by atoms with E-state index in [1.807, 2.05) is 35.2 Å². The van der Waals surface area contributed by atoms with Gasteiger partial charge >= 0.3 is 0 Å². The summed E-state index contributed by atoms with van der Waals surface area (Å²) in [6.45, 7) is 1.29. The van der Waals surface area contributed by atoms with E-state index in [1.54, 1.807) is 0 Å². The summed E-state index contributed by atoms with van der Waals surface area (Å²) < 4.78 is 0. The van der Waals surface area contributed by atoms with Crippen LogP contribution in [0.2, 0.25) is 5.02 Å². The van der Waals surface area contributed by atoms with Gasteiger partial charge in [-0.05, 0) is 5.56 Å². The number of nitrogens with one attached hydrogen (secondary N) is 1. The number of likely N-dealkylation sites (tertiary alicyclic amines) is 1. The Hall–Kier alpha value is -2.14. The molecule has 1 N–H and O–H groups in total. The summed E-state index contributed by atoms with van der Waals surface area (Å²) in [5, 5.41) is 3.67. The van der Waals surface area contributed by atoms with Gasteiger partial charge in [0.05, 0.1) is 23.5 Å². The van der Waals surface area contributed by atoms with Crippen molar-refractivity contribution in [3.63, 3.8) is 0 Å². The van der Waals surface area contributed by atoms with E-state index in [4.69, 9.17) is 11.6 Å². The van der Waals surface area contributed by atoms with Crippen LogP contribution in [-0.4, -0.2) is 33.4 Å². The van der Waals surface area contributed by atoms with Crippen LogP contribution in [0.3, 0.4) is 0 Å². The van der Waals surface area contributed by atoms with Crippen molar-refractivity contribution in [3.05, 3.63) is 53.3 Å². The topological polar surface area (TPSA) is 58.1 Å². The number of benzene rings is 1. The molecule has 3 rings (SSSR count). The Morgan fingerprint density at radius 2 is 1.95 bits per heavy atom. The Bertz CT molecular complexity index is 617. The van der Waals surface area contributed by atoms with Crippen molar-refractivity contribution in [1.29, 1.82) is 0 Å². The molecule has 2 heterocycles. The second-order valence-electron chi connectivity index (χ2n) is 5.03. The average molecular weight is 303 g/mol. The van der Waals surface area contributed by atoms with Crippen molar-refractivity contribution in [2.24, 2.45) is 0 Å². The number of carbonyl (C=O) groups is 1. The molecule has 0 bridgehead atoms. The minimum Gasteiger partial charge on any atom is -0.349 e. The molecule has 21 heavy (non-hydrogen) atoms. The van der Waals surface area contributed by atoms with Crippen molar-refractivity contribution >= 4 is 23.5 Å². The predicted octanol–water partition coefficient (Wildman–Crippen LogP) is 2.34. The van der Waals surface area contributed by atoms with Crippen LogP contribution in [0.5, 0.6) is 0 Å². The van der Waals surface area contributed by atoms with Gasteiger partial charge in [-0.25, -0.2) is 9.97 Å². The van der Waals surface area contributed by atoms with Crippen LogP contribution in [0.1, 0.15) is 12.0 Å². The molecule has 0 spiro atoms. The molecule has 6 heteroatoms. The summed E-state index contributed by atoms with van der Waals surface area (Å²) in [5.74, 6) is 0.643. The van der Waals surface area contributed by atoms with Crippen molar-refractivity contribution < 1.29 is 4.79 Å². The highest BCUT2D eigenvalue weighted by Gasteiger charge is 2.29. The molecular weight excluding hydrogens is 288 g/mol. The van der Waals surface area contributed by atoms with Gasteiger partial charge in [0.1, 0.15) is 0 Å². The van der Waals surface area contributed by atoms with Crippen LogP contribution in [0.15, 0.2) is 42.7 Å². The zero-order chi connectivity index (χ0) is 14.7. The van der Waals surface area contributed by atoms with Crippen LogP contribution >= 0.6 is 11.6 Å². The predicted molar refractivity (Wildman–Crippen MR) is 80.9 cm³/mol. The molecular formula is C15H15ClN4O. The molecule has 0 saturated carbocycles. The molecule has 0 radical (unpaired) electrons. The van der Waals surface area contributed by atoms with Gasteiger partial charge in [-0.1, -0.05) is 41.9 Å². The van der Waals surface area contributed by atoms with Crippen molar-refractivity contribution in [1.82, 2.24) is 14.9 Å². The molecule has 1 unspecified atom stereocenters. The van der Waals surface area contributed by atoms with Gasteiger partial charge in [0.2, 0.25) is 11.9 Å². The molecule has 1 aromatic heterocycles. The van der Waals surface area contributed by atoms with E-state index >= 15 is 0 Å². The first-order valence-electron chi connectivity index (χ1n) is 6.76. The first kappa shape index (κ1) is 13.8. The van der Waals surface area contributed by atoms with Gasteiger partial charge in [-0.15, -0.1) is 0 Å². The lowest BCUT2D eigenvalue weighted by atomic mass is 10.2. The number of amides is 1. The third-order valence-electron chi connectivity index (χ3n) is 3.38. The van der Waals surface area contributed by atoms with Gasteiger partial charge in [0, 0.05) is 19.5 Å². The number of hydrogen-bond donors (Lipinski definition) is 1. The van der Waals surface area contributed by atoms with Gasteiger partial charge < -0.3 is 10.2 Å². The molecule has 1 amide bonds. The third-order valence-corrected chi connectivity index (χ3v) is 3.58. The van der Waals surface area contributed by atoms with E-state index < -0.39 is 0 Å². The van der Waals surface area contributed by atoms with E-state index in [0.29, 0.717) is 30.5 Å². The minimum atomic E-state index is 0.0300. The van der Waals surface area contributed by atoms with Crippen LogP contribution in [0.25, 0.3) is 0 Å². The quantitative estimate of drug-likeness (QED) is 0.942. The van der Waals surface area contributed by atoms with Crippen LogP contribution in [0.4, 0.5) is 5.95 Å². The molecule has 108 valence electrons. The Labute approximate surface area is 128 Å². The lowest BCUT2D eigenvalue weighted by molar-refractivity contribution is -0.128. The van der Waals surface area contributed by atoms with Crippen LogP contribution in [0, 0.1) is 0 Å². The normalized spacial score (nSPS) is 18.0. The smallest absolute Gasteiger partial charge is 0.225 e. The summed E-state index contributed by atoms with van der Waals surface area (Å²) in [4.78, 5) is 22.1. The first-order chi connectivity index (χ1) is 10.2. The number of halogens is 1. The SMILES string of the molecule is O=C1CC(Nc2ncc(Cl)cn2)CN1Cc1ccccc1. The van der Waals surface area contributed by atoms with E-state index in [1.165, 1.54) is 12.4 Å². The minimum absolute atomic E-state index is 0.0300. The molecule has 1 aromatic carbocycles. The molecule has 1 aliphatic heterocycles. The van der Waals surface area contributed by atoms with E-state index in [2.05, 4.69) is 15.3 Å². The molecule has 1 aliphatic rings. The Balaban J connectivity index is 1.60. The maximum Gasteiger partial charge on any atom is 0.225 e. The second-order valence-corrected chi connectivity index (χ2v) is 5.47. The Morgan fingerprint density at radius 3 is 2.67 bits per heavy atom. The van der Waals surface area contributed by atoms with Crippen LogP contribution < -0.4 is 5.32 Å². The maximum atomic E-state index is 12.1. The summed E-state index contributed by atoms with van der Waals surface area (Å²) in [6, 6.07) is 10.0. The standard InChI is InChI=1S/C15H15ClN4O/c16-12-7-17-15(18-8-12)19-13-6-14(21)20(10-13)9-11-4-2-1-3-5-11/h1-5,7-8,13H,6,9-10H2,(H,17,18,19). The highest BCUT2D eigenvalue weighted by molar-refractivity contribution is 6.30. The van der Waals surface area contributed by atoms with E-state index in [9.17, 15) is 4.79 Å². The lowest BCUT2D eigenvalue weighted by Crippen LogP contribution is -2.28. The van der Waals surface area contributed by atoms with Gasteiger partial charge in [0.15, 0.2) is 0 Å². The second kappa shape index (κ2) is 6.10. The molecule has 5 nitrogen and oxygen atoms in total. The fourth-order valence-corrected chi connectivity index (χ4v) is 2.49. The summed E-state index contributed by atoms with van der Waals surface area (Å²) in [5.41, 5.74) is 1.13. The fourth-order valence-electron chi connectivity index (χ4n) is 2.39. The first-order valence-corrected chi connectivity index (χ1v) is 7.14. The number of hydrogen-bond acceptors (Lipinski definition) is 4. The van der Waals surface area contributed by atoms with E-state index in [0.717, 1.165) is 5.56 Å². The fraction of sp³-hybridized carbons (Fsp3) is 0.267. The highest BCUT2D eigenvalue weighted by Crippen LogP contribution is 2.17. The summed E-state index contributed by atoms with van der Waals surface area (Å²) in [7, 11) is 0. The molecule has 0 aliphatic carbocycles. The lowest BCUT2D eigenvalue weighted by Gasteiger charge is -2.17. The Morgan fingerprint density at radius 1 is 1.24 bits per heavy atom. The average Bonchev–Trinajstić information content (AvgIpc) is 2.82. The zero-order valence-corrected chi connectivity index (χ0v) is 12.1. The molecule has 1 atom stereocenters.